The van der Waals surface area contributed by atoms with Crippen LogP contribution in [-0.2, 0) is 14.9 Å². The molecule has 0 aliphatic rings. The van der Waals surface area contributed by atoms with Gasteiger partial charge in [-0.1, -0.05) is 13.8 Å². The third-order valence-electron chi connectivity index (χ3n) is 3.49. The second-order valence-corrected chi connectivity index (χ2v) is 4.32. The van der Waals surface area contributed by atoms with Gasteiger partial charge in [0.1, 0.15) is 5.41 Å². The molecule has 0 amide bonds. The highest BCUT2D eigenvalue weighted by atomic mass is 16.5. The van der Waals surface area contributed by atoms with E-state index in [1.165, 1.54) is 0 Å². The lowest BCUT2D eigenvalue weighted by Gasteiger charge is -2.26. The van der Waals surface area contributed by atoms with Crippen LogP contribution in [0.1, 0.15) is 39.4 Å². The summed E-state index contributed by atoms with van der Waals surface area (Å²) in [5, 5.41) is 8.18. The van der Waals surface area contributed by atoms with Crippen molar-refractivity contribution in [2.45, 2.75) is 39.0 Å². The Morgan fingerprint density at radius 2 is 2.05 bits per heavy atom. The van der Waals surface area contributed by atoms with Crippen molar-refractivity contribution in [2.75, 3.05) is 6.61 Å². The van der Waals surface area contributed by atoms with Crippen LogP contribution in [0.3, 0.4) is 0 Å². The second kappa shape index (κ2) is 5.34. The van der Waals surface area contributed by atoms with Crippen molar-refractivity contribution < 1.29 is 9.53 Å². The first-order valence-electron chi connectivity index (χ1n) is 6.53. The lowest BCUT2D eigenvalue weighted by Crippen LogP contribution is -2.38. The van der Waals surface area contributed by atoms with Crippen molar-refractivity contribution in [3.63, 3.8) is 0 Å². The van der Waals surface area contributed by atoms with Gasteiger partial charge < -0.3 is 4.74 Å². The molecule has 2 aromatic heterocycles. The minimum absolute atomic E-state index is 0.252. The lowest BCUT2D eigenvalue weighted by molar-refractivity contribution is -0.151. The van der Waals surface area contributed by atoms with Gasteiger partial charge in [0.15, 0.2) is 5.82 Å². The smallest absolute Gasteiger partial charge is 0.319 e. The van der Waals surface area contributed by atoms with Crippen molar-refractivity contribution >= 4 is 11.7 Å². The molecule has 6 heteroatoms. The van der Waals surface area contributed by atoms with E-state index in [9.17, 15) is 4.79 Å². The molecule has 0 aliphatic heterocycles. The van der Waals surface area contributed by atoms with Crippen LogP contribution in [0.15, 0.2) is 18.5 Å². The topological polar surface area (TPSA) is 69.4 Å². The van der Waals surface area contributed by atoms with Crippen LogP contribution in [-0.4, -0.2) is 32.2 Å². The first-order valence-corrected chi connectivity index (χ1v) is 6.53. The van der Waals surface area contributed by atoms with E-state index in [2.05, 4.69) is 15.2 Å². The zero-order chi connectivity index (χ0) is 13.9. The summed E-state index contributed by atoms with van der Waals surface area (Å²) in [6, 6.07) is 1.79. The summed E-state index contributed by atoms with van der Waals surface area (Å²) < 4.78 is 6.98. The number of carbonyl (C=O) groups excluding carboxylic acids is 1. The molecule has 0 aromatic carbocycles. The van der Waals surface area contributed by atoms with E-state index in [1.54, 1.807) is 23.6 Å². The fraction of sp³-hybridized carbons (Fsp3) is 0.538. The minimum Gasteiger partial charge on any atom is -0.465 e. The van der Waals surface area contributed by atoms with Gasteiger partial charge in [0.2, 0.25) is 0 Å². The molecule has 0 spiro atoms. The number of aromatic nitrogens is 4. The predicted molar refractivity (Wildman–Crippen MR) is 69.7 cm³/mol. The normalized spacial score (nSPS) is 11.7. The minimum atomic E-state index is -0.765. The number of ether oxygens (including phenoxy) is 1. The molecular weight excluding hydrogens is 244 g/mol. The molecule has 19 heavy (non-hydrogen) atoms. The summed E-state index contributed by atoms with van der Waals surface area (Å²) in [5.41, 5.74) is -0.765. The van der Waals surface area contributed by atoms with Crippen molar-refractivity contribution in [2.24, 2.45) is 0 Å². The summed E-state index contributed by atoms with van der Waals surface area (Å²) >= 11 is 0. The molecule has 2 rings (SSSR count). The first-order chi connectivity index (χ1) is 9.19. The van der Waals surface area contributed by atoms with Crippen molar-refractivity contribution in [3.05, 3.63) is 24.3 Å². The summed E-state index contributed by atoms with van der Waals surface area (Å²) in [7, 11) is 0. The van der Waals surface area contributed by atoms with Crippen LogP contribution < -0.4 is 0 Å². The highest BCUT2D eigenvalue weighted by Crippen LogP contribution is 2.31. The summed E-state index contributed by atoms with van der Waals surface area (Å²) in [4.78, 5) is 16.5. The summed E-state index contributed by atoms with van der Waals surface area (Å²) in [6.07, 6.45) is 4.69. The number of hydrogen-bond acceptors (Lipinski definition) is 5. The van der Waals surface area contributed by atoms with E-state index in [4.69, 9.17) is 4.74 Å². The quantitative estimate of drug-likeness (QED) is 0.768. The van der Waals surface area contributed by atoms with E-state index < -0.39 is 5.41 Å². The van der Waals surface area contributed by atoms with E-state index in [0.29, 0.717) is 31.1 Å². The zero-order valence-electron chi connectivity index (χ0n) is 11.5. The fourth-order valence-corrected chi connectivity index (χ4v) is 2.28. The first kappa shape index (κ1) is 13.5. The van der Waals surface area contributed by atoms with E-state index in [0.717, 1.165) is 0 Å². The molecule has 0 bridgehead atoms. The van der Waals surface area contributed by atoms with Gasteiger partial charge in [-0.25, -0.2) is 4.98 Å². The van der Waals surface area contributed by atoms with Gasteiger partial charge in [0, 0.05) is 12.4 Å². The lowest BCUT2D eigenvalue weighted by atomic mass is 9.81. The molecule has 2 aromatic rings. The maximum absolute atomic E-state index is 12.3. The molecule has 0 unspecified atom stereocenters. The van der Waals surface area contributed by atoms with Crippen LogP contribution in [0, 0.1) is 0 Å². The summed E-state index contributed by atoms with van der Waals surface area (Å²) in [6.45, 7) is 6.07. The van der Waals surface area contributed by atoms with Crippen molar-refractivity contribution in [1.29, 1.82) is 0 Å². The van der Waals surface area contributed by atoms with Crippen molar-refractivity contribution in [3.8, 4) is 0 Å². The molecular formula is C13H18N4O2. The monoisotopic (exact) mass is 262 g/mol. The largest absolute Gasteiger partial charge is 0.465 e. The van der Waals surface area contributed by atoms with Gasteiger partial charge in [-0.2, -0.15) is 0 Å². The standard InChI is InChI=1S/C13H18N4O2/c1-4-13(5-2,11(18)19-6-3)10-15-16-12-14-8-7-9-17(10)12/h7-9H,4-6H2,1-3H3. The number of rotatable bonds is 5. The van der Waals surface area contributed by atoms with Crippen LogP contribution >= 0.6 is 0 Å². The SMILES string of the molecule is CCOC(=O)C(CC)(CC)c1nnc2ncccn12. The predicted octanol–water partition coefficient (Wildman–Crippen LogP) is 1.75. The third-order valence-corrected chi connectivity index (χ3v) is 3.49. The Bertz CT molecular complexity index is 575. The number of esters is 1. The van der Waals surface area contributed by atoms with Gasteiger partial charge in [0.05, 0.1) is 6.61 Å². The molecule has 0 atom stereocenters. The molecule has 0 aliphatic carbocycles. The Balaban J connectivity index is 2.58. The Morgan fingerprint density at radius 3 is 2.68 bits per heavy atom. The third kappa shape index (κ3) is 2.07. The van der Waals surface area contributed by atoms with Crippen LogP contribution in [0.5, 0.6) is 0 Å². The number of nitrogens with zero attached hydrogens (tertiary/aromatic N) is 4. The van der Waals surface area contributed by atoms with Gasteiger partial charge >= 0.3 is 5.97 Å². The molecule has 0 N–H and O–H groups in total. The van der Waals surface area contributed by atoms with Gasteiger partial charge in [-0.05, 0) is 25.8 Å². The average molecular weight is 262 g/mol. The molecule has 0 saturated carbocycles. The molecule has 0 radical (unpaired) electrons. The van der Waals surface area contributed by atoms with Crippen LogP contribution in [0.4, 0.5) is 0 Å². The van der Waals surface area contributed by atoms with Crippen LogP contribution in [0.2, 0.25) is 0 Å². The van der Waals surface area contributed by atoms with Gasteiger partial charge in [-0.15, -0.1) is 10.2 Å². The molecule has 102 valence electrons. The molecule has 0 fully saturated rings. The van der Waals surface area contributed by atoms with E-state index in [1.807, 2.05) is 20.0 Å². The van der Waals surface area contributed by atoms with E-state index >= 15 is 0 Å². The average Bonchev–Trinajstić information content (AvgIpc) is 2.86. The molecule has 6 nitrogen and oxygen atoms in total. The molecule has 2 heterocycles. The van der Waals surface area contributed by atoms with Crippen LogP contribution in [0.25, 0.3) is 5.78 Å². The maximum atomic E-state index is 12.3. The second-order valence-electron chi connectivity index (χ2n) is 4.32. The Kier molecular flexibility index (Phi) is 3.78. The Labute approximate surface area is 111 Å². The number of fused-ring (bicyclic) bond motifs is 1. The van der Waals surface area contributed by atoms with Crippen molar-refractivity contribution in [1.82, 2.24) is 19.6 Å². The Morgan fingerprint density at radius 1 is 1.32 bits per heavy atom. The van der Waals surface area contributed by atoms with E-state index in [-0.39, 0.29) is 5.97 Å². The highest BCUT2D eigenvalue weighted by Gasteiger charge is 2.42. The zero-order valence-corrected chi connectivity index (χ0v) is 11.5. The highest BCUT2D eigenvalue weighted by molar-refractivity contribution is 5.82. The number of hydrogen-bond donors (Lipinski definition) is 0. The maximum Gasteiger partial charge on any atom is 0.319 e. The Hall–Kier alpha value is -1.98. The van der Waals surface area contributed by atoms with Gasteiger partial charge in [-0.3, -0.25) is 9.20 Å². The summed E-state index contributed by atoms with van der Waals surface area (Å²) in [5.74, 6) is 0.838. The number of carbonyl (C=O) groups is 1. The fourth-order valence-electron chi connectivity index (χ4n) is 2.28. The molecule has 0 saturated heterocycles. The van der Waals surface area contributed by atoms with Gasteiger partial charge in [0.25, 0.3) is 5.78 Å².